The highest BCUT2D eigenvalue weighted by Gasteiger charge is 2.37. The van der Waals surface area contributed by atoms with Crippen LogP contribution in [0.3, 0.4) is 0 Å². The van der Waals surface area contributed by atoms with Crippen LogP contribution in [-0.4, -0.2) is 29.9 Å². The van der Waals surface area contributed by atoms with Crippen molar-refractivity contribution in [3.63, 3.8) is 0 Å². The van der Waals surface area contributed by atoms with Crippen molar-refractivity contribution in [3.05, 3.63) is 33.5 Å². The Kier molecular flexibility index (Phi) is 5.70. The second-order valence-electron chi connectivity index (χ2n) is 7.96. The van der Waals surface area contributed by atoms with E-state index in [4.69, 9.17) is 9.51 Å². The van der Waals surface area contributed by atoms with Gasteiger partial charge in [-0.05, 0) is 42.5 Å². The zero-order valence-electron chi connectivity index (χ0n) is 17.5. The third kappa shape index (κ3) is 3.12. The van der Waals surface area contributed by atoms with Crippen LogP contribution >= 0.6 is 32.8 Å². The zero-order chi connectivity index (χ0) is 20.1. The van der Waals surface area contributed by atoms with Gasteiger partial charge in [0.1, 0.15) is 11.3 Å². The molecular weight excluding hydrogens is 469 g/mol. The molecule has 0 radical (unpaired) electrons. The van der Waals surface area contributed by atoms with E-state index in [1.807, 2.05) is 20.0 Å². The quantitative estimate of drug-likeness (QED) is 0.367. The summed E-state index contributed by atoms with van der Waals surface area (Å²) < 4.78 is 9.20. The minimum atomic E-state index is -1.10. The van der Waals surface area contributed by atoms with E-state index < -0.39 is 10.2 Å². The Bertz CT molecular complexity index is 930. The van der Waals surface area contributed by atoms with Gasteiger partial charge in [0.2, 0.25) is 0 Å². The van der Waals surface area contributed by atoms with Crippen molar-refractivity contribution < 1.29 is 4.52 Å². The van der Waals surface area contributed by atoms with Crippen LogP contribution in [0.15, 0.2) is 23.0 Å². The van der Waals surface area contributed by atoms with E-state index in [1.165, 1.54) is 9.09 Å². The molecule has 0 saturated carbocycles. The summed E-state index contributed by atoms with van der Waals surface area (Å²) in [4.78, 5) is 4.85. The first kappa shape index (κ1) is 20.7. The molecule has 3 heterocycles. The molecule has 0 aromatic carbocycles. The Morgan fingerprint density at radius 1 is 1.04 bits per heavy atom. The number of aromatic nitrogens is 3. The smallest absolute Gasteiger partial charge is 0.141 e. The summed E-state index contributed by atoms with van der Waals surface area (Å²) >= 11 is 2.43. The van der Waals surface area contributed by atoms with Crippen LogP contribution in [0.4, 0.5) is 0 Å². The molecule has 0 aliphatic carbocycles. The van der Waals surface area contributed by atoms with E-state index in [1.54, 1.807) is 0 Å². The first-order chi connectivity index (χ1) is 12.6. The van der Waals surface area contributed by atoms with Crippen LogP contribution in [0, 0.1) is 17.4 Å². The number of pyridine rings is 1. The van der Waals surface area contributed by atoms with E-state index in [0.717, 1.165) is 28.1 Å². The van der Waals surface area contributed by atoms with Crippen LogP contribution in [0.1, 0.15) is 53.0 Å². The maximum Gasteiger partial charge on any atom is 0.141 e. The third-order valence-electron chi connectivity index (χ3n) is 5.49. The van der Waals surface area contributed by atoms with Gasteiger partial charge in [-0.25, -0.2) is 0 Å². The van der Waals surface area contributed by atoms with Gasteiger partial charge < -0.3 is 8.50 Å². The molecule has 0 amide bonds. The lowest BCUT2D eigenvalue weighted by molar-refractivity contribution is 0.393. The number of rotatable bonds is 5. The predicted molar refractivity (Wildman–Crippen MR) is 126 cm³/mol. The van der Waals surface area contributed by atoms with Crippen LogP contribution in [-0.2, 0) is 0 Å². The number of nitrogens with zero attached hydrogens (tertiary/aromatic N) is 3. The average Bonchev–Trinajstić information content (AvgIpc) is 3.07. The summed E-state index contributed by atoms with van der Waals surface area (Å²) in [6, 6.07) is 2.28. The topological polar surface area (TPSA) is 43.9 Å². The highest BCUT2D eigenvalue weighted by atomic mass is 127. The Balaban J connectivity index is 2.35. The van der Waals surface area contributed by atoms with Gasteiger partial charge in [-0.15, -0.1) is 0 Å². The highest BCUT2D eigenvalue weighted by molar-refractivity contribution is 14.1. The molecule has 0 aliphatic heterocycles. The van der Waals surface area contributed by atoms with E-state index in [9.17, 15) is 0 Å². The summed E-state index contributed by atoms with van der Waals surface area (Å²) in [6.45, 7) is 18.2. The molecule has 0 fully saturated rings. The van der Waals surface area contributed by atoms with Crippen molar-refractivity contribution in [1.82, 2.24) is 14.1 Å². The van der Waals surface area contributed by atoms with Gasteiger partial charge in [0.25, 0.3) is 0 Å². The molecule has 3 rings (SSSR count). The van der Waals surface area contributed by atoms with Gasteiger partial charge in [0, 0.05) is 39.3 Å². The van der Waals surface area contributed by atoms with Crippen LogP contribution in [0.25, 0.3) is 22.2 Å². The normalized spacial score (nSPS) is 13.5. The fourth-order valence-corrected chi connectivity index (χ4v) is 10.9. The minimum absolute atomic E-state index is 0.576. The SMILES string of the molecule is Cc1noc(C)c1-c1cnc2c(I)cn(S(C(C)C)(C(C)C)C(C)C)c2c1. The second kappa shape index (κ2) is 7.43. The molecule has 0 N–H and O–H groups in total. The van der Waals surface area contributed by atoms with Gasteiger partial charge in [0.15, 0.2) is 0 Å². The Labute approximate surface area is 177 Å². The lowest BCUT2D eigenvalue weighted by Gasteiger charge is -2.52. The lowest BCUT2D eigenvalue weighted by Crippen LogP contribution is -2.33. The fraction of sp³-hybridized carbons (Fsp3) is 0.524. The van der Waals surface area contributed by atoms with Gasteiger partial charge in [0.05, 0.1) is 14.8 Å². The molecule has 0 saturated heterocycles. The molecule has 0 aliphatic rings. The standard InChI is InChI=1S/C21H30IN3OS/c1-12(2)27(13(3)4,14(5)6)25-11-18(22)21-19(25)9-17(10-23-21)20-15(7)24-26-16(20)8/h9-14H,1-8H3. The minimum Gasteiger partial charge on any atom is -0.361 e. The molecule has 0 spiro atoms. The molecule has 3 aromatic heterocycles. The highest BCUT2D eigenvalue weighted by Crippen LogP contribution is 2.62. The maximum atomic E-state index is 5.40. The first-order valence-corrected chi connectivity index (χ1v) is 12.4. The second-order valence-corrected chi connectivity index (χ2v) is 13.8. The van der Waals surface area contributed by atoms with Crippen molar-refractivity contribution in [2.45, 2.75) is 71.1 Å². The van der Waals surface area contributed by atoms with Crippen molar-refractivity contribution in [3.8, 4) is 11.1 Å². The molecule has 0 unspecified atom stereocenters. The monoisotopic (exact) mass is 499 g/mol. The van der Waals surface area contributed by atoms with Crippen LogP contribution in [0.5, 0.6) is 0 Å². The summed E-state index contributed by atoms with van der Waals surface area (Å²) in [5.74, 6) is 0.844. The number of hydrogen-bond acceptors (Lipinski definition) is 3. The molecule has 0 atom stereocenters. The largest absolute Gasteiger partial charge is 0.361 e. The van der Waals surface area contributed by atoms with Gasteiger partial charge in [-0.3, -0.25) is 4.98 Å². The van der Waals surface area contributed by atoms with Gasteiger partial charge >= 0.3 is 0 Å². The summed E-state index contributed by atoms with van der Waals surface area (Å²) in [5, 5.41) is 5.85. The number of halogens is 1. The van der Waals surface area contributed by atoms with Gasteiger partial charge in [-0.1, -0.05) is 46.7 Å². The Morgan fingerprint density at radius 2 is 1.63 bits per heavy atom. The van der Waals surface area contributed by atoms with Crippen LogP contribution in [0.2, 0.25) is 0 Å². The van der Waals surface area contributed by atoms with Crippen molar-refractivity contribution in [2.75, 3.05) is 0 Å². The van der Waals surface area contributed by atoms with Crippen molar-refractivity contribution in [1.29, 1.82) is 0 Å². The van der Waals surface area contributed by atoms with E-state index >= 15 is 0 Å². The van der Waals surface area contributed by atoms with Crippen LogP contribution < -0.4 is 0 Å². The summed E-state index contributed by atoms with van der Waals surface area (Å²) in [5.41, 5.74) is 5.37. The van der Waals surface area contributed by atoms with Gasteiger partial charge in [-0.2, -0.15) is 10.2 Å². The predicted octanol–water partition coefficient (Wildman–Crippen LogP) is 6.71. The molecule has 0 bridgehead atoms. The Hall–Kier alpha value is -1.02. The molecule has 148 valence electrons. The first-order valence-electron chi connectivity index (χ1n) is 9.52. The number of aryl methyl sites for hydroxylation is 2. The number of hydrogen-bond donors (Lipinski definition) is 0. The summed E-state index contributed by atoms with van der Waals surface area (Å²) in [6.07, 6.45) is 4.28. The Morgan fingerprint density at radius 3 is 2.11 bits per heavy atom. The van der Waals surface area contributed by atoms with Crippen molar-refractivity contribution >= 4 is 43.8 Å². The molecular formula is C21H30IN3OS. The fourth-order valence-electron chi connectivity index (χ4n) is 4.65. The maximum absolute atomic E-state index is 5.40. The molecule has 6 heteroatoms. The molecule has 4 nitrogen and oxygen atoms in total. The average molecular weight is 499 g/mol. The van der Waals surface area contributed by atoms with E-state index in [2.05, 4.69) is 85.5 Å². The lowest BCUT2D eigenvalue weighted by atomic mass is 10.1. The molecule has 27 heavy (non-hydrogen) atoms. The third-order valence-corrected chi connectivity index (χ3v) is 11.8. The zero-order valence-corrected chi connectivity index (χ0v) is 20.5. The number of fused-ring (bicyclic) bond motifs is 1. The summed E-state index contributed by atoms with van der Waals surface area (Å²) in [7, 11) is -1.10. The molecule has 3 aromatic rings. The van der Waals surface area contributed by atoms with Crippen molar-refractivity contribution in [2.24, 2.45) is 0 Å². The van der Waals surface area contributed by atoms with E-state index in [0.29, 0.717) is 15.7 Å². The van der Waals surface area contributed by atoms with E-state index in [-0.39, 0.29) is 0 Å².